The maximum atomic E-state index is 12.9. The molecule has 1 heterocycles. The van der Waals surface area contributed by atoms with Crippen LogP contribution in [0.4, 0.5) is 10.5 Å². The Labute approximate surface area is 211 Å². The number of hydrogen-bond donors (Lipinski definition) is 1. The van der Waals surface area contributed by atoms with E-state index in [2.05, 4.69) is 27.2 Å². The highest BCUT2D eigenvalue weighted by atomic mass is 79.9. The minimum absolute atomic E-state index is 0.0705. The maximum absolute atomic E-state index is 12.9. The Morgan fingerprint density at radius 3 is 2.53 bits per heavy atom. The highest BCUT2D eigenvalue weighted by Crippen LogP contribution is 2.39. The van der Waals surface area contributed by atoms with E-state index in [4.69, 9.17) is 15.9 Å². The van der Waals surface area contributed by atoms with Gasteiger partial charge in [0.05, 0.1) is 16.0 Å². The molecule has 0 bridgehead atoms. The van der Waals surface area contributed by atoms with Gasteiger partial charge in [0.25, 0.3) is 11.1 Å². The minimum atomic E-state index is -0.535. The number of anilines is 1. The number of benzene rings is 2. The lowest BCUT2D eigenvalue weighted by molar-refractivity contribution is -0.127. The molecule has 0 unspecified atom stereocenters. The molecule has 2 aromatic carbocycles. The fourth-order valence-corrected chi connectivity index (χ4v) is 4.78. The molecule has 0 aromatic heterocycles. The molecule has 1 aliphatic rings. The molecule has 0 atom stereocenters. The van der Waals surface area contributed by atoms with E-state index in [0.717, 1.165) is 27.8 Å². The topological polar surface area (TPSA) is 84.9 Å². The van der Waals surface area contributed by atoms with Crippen molar-refractivity contribution in [3.05, 3.63) is 56.4 Å². The van der Waals surface area contributed by atoms with Gasteiger partial charge in [-0.2, -0.15) is 0 Å². The molecule has 1 aliphatic heterocycles. The van der Waals surface area contributed by atoms with Crippen LogP contribution in [0.25, 0.3) is 6.08 Å². The Bertz CT molecular complexity index is 1200. The van der Waals surface area contributed by atoms with E-state index in [9.17, 15) is 14.4 Å². The summed E-state index contributed by atoms with van der Waals surface area (Å²) in [7, 11) is 0. The van der Waals surface area contributed by atoms with Gasteiger partial charge in [-0.25, -0.2) is 0 Å². The number of thioether (sulfide) groups is 1. The van der Waals surface area contributed by atoms with Gasteiger partial charge in [0.2, 0.25) is 5.91 Å². The Morgan fingerprint density at radius 1 is 1.18 bits per heavy atom. The van der Waals surface area contributed by atoms with E-state index in [-0.39, 0.29) is 18.1 Å². The first-order valence-electron chi connectivity index (χ1n) is 10.4. The standard InChI is InChI=1S/C25H23BrN2O5S/c1-5-7-33-23-19(26)11-17(12-20(23)32-6-2)13-21-24(30)28(25(31)34-21)14-22(29)27-18-9-15(3)8-16(4)10-18/h1,8-13H,6-7,14H2,2-4H3,(H,27,29)/b21-13-. The molecule has 2 aromatic rings. The number of rotatable bonds is 8. The molecular weight excluding hydrogens is 520 g/mol. The van der Waals surface area contributed by atoms with Gasteiger partial charge in [0.1, 0.15) is 13.2 Å². The van der Waals surface area contributed by atoms with Crippen LogP contribution in [0.1, 0.15) is 23.6 Å². The second-order valence-electron chi connectivity index (χ2n) is 7.45. The second-order valence-corrected chi connectivity index (χ2v) is 9.30. The molecule has 0 spiro atoms. The third kappa shape index (κ3) is 6.22. The molecule has 9 heteroatoms. The number of halogens is 1. The summed E-state index contributed by atoms with van der Waals surface area (Å²) in [6.45, 7) is 5.78. The van der Waals surface area contributed by atoms with Crippen molar-refractivity contribution in [3.8, 4) is 23.8 Å². The predicted octanol–water partition coefficient (Wildman–Crippen LogP) is 5.15. The number of hydrogen-bond acceptors (Lipinski definition) is 6. The van der Waals surface area contributed by atoms with E-state index in [1.54, 1.807) is 18.2 Å². The number of ether oxygens (including phenoxy) is 2. The van der Waals surface area contributed by atoms with Crippen LogP contribution in [-0.4, -0.2) is 41.7 Å². The van der Waals surface area contributed by atoms with Gasteiger partial charge >= 0.3 is 0 Å². The van der Waals surface area contributed by atoms with Crippen molar-refractivity contribution >= 4 is 56.5 Å². The highest BCUT2D eigenvalue weighted by Gasteiger charge is 2.36. The average Bonchev–Trinajstić information content (AvgIpc) is 3.00. The van der Waals surface area contributed by atoms with Gasteiger partial charge in [0, 0.05) is 5.69 Å². The minimum Gasteiger partial charge on any atom is -0.490 e. The van der Waals surface area contributed by atoms with Crippen LogP contribution in [0.3, 0.4) is 0 Å². The van der Waals surface area contributed by atoms with E-state index < -0.39 is 17.1 Å². The molecule has 7 nitrogen and oxygen atoms in total. The number of terminal acetylenes is 1. The Hall–Kier alpha value is -3.22. The van der Waals surface area contributed by atoms with Crippen LogP contribution in [0.5, 0.6) is 11.5 Å². The van der Waals surface area contributed by atoms with E-state index in [1.807, 2.05) is 39.0 Å². The zero-order valence-corrected chi connectivity index (χ0v) is 21.3. The smallest absolute Gasteiger partial charge is 0.294 e. The third-order valence-corrected chi connectivity index (χ3v) is 6.11. The first-order valence-corrected chi connectivity index (χ1v) is 12.0. The van der Waals surface area contributed by atoms with Gasteiger partial charge in [-0.3, -0.25) is 19.3 Å². The van der Waals surface area contributed by atoms with Crippen molar-refractivity contribution in [3.63, 3.8) is 0 Å². The molecule has 3 amide bonds. The monoisotopic (exact) mass is 542 g/mol. The summed E-state index contributed by atoms with van der Waals surface area (Å²) >= 11 is 4.21. The molecule has 1 saturated heterocycles. The van der Waals surface area contributed by atoms with Crippen LogP contribution in [-0.2, 0) is 9.59 Å². The second kappa shape index (κ2) is 11.3. The summed E-state index contributed by atoms with van der Waals surface area (Å²) in [5.74, 6) is 2.32. The zero-order chi connectivity index (χ0) is 24.8. The van der Waals surface area contributed by atoms with Crippen LogP contribution in [0.2, 0.25) is 0 Å². The van der Waals surface area contributed by atoms with Gasteiger partial charge in [-0.15, -0.1) is 6.42 Å². The molecule has 0 aliphatic carbocycles. The summed E-state index contributed by atoms with van der Waals surface area (Å²) in [6, 6.07) is 9.06. The van der Waals surface area contributed by atoms with Gasteiger partial charge in [-0.05, 0) is 95.5 Å². The molecule has 0 radical (unpaired) electrons. The lowest BCUT2D eigenvalue weighted by Crippen LogP contribution is -2.36. The molecular formula is C25H23BrN2O5S. The van der Waals surface area contributed by atoms with Crippen molar-refractivity contribution in [2.24, 2.45) is 0 Å². The summed E-state index contributed by atoms with van der Waals surface area (Å²) in [5, 5.41) is 2.23. The average molecular weight is 543 g/mol. The van der Waals surface area contributed by atoms with Crippen LogP contribution in [0.15, 0.2) is 39.7 Å². The summed E-state index contributed by atoms with van der Waals surface area (Å²) in [5.41, 5.74) is 3.23. The molecule has 1 fully saturated rings. The first-order chi connectivity index (χ1) is 16.2. The molecule has 1 N–H and O–H groups in total. The molecule has 0 saturated carbocycles. The summed E-state index contributed by atoms with van der Waals surface area (Å²) in [4.78, 5) is 39.0. The quantitative estimate of drug-likeness (QED) is 0.366. The van der Waals surface area contributed by atoms with Gasteiger partial charge in [0.15, 0.2) is 11.5 Å². The summed E-state index contributed by atoms with van der Waals surface area (Å²) in [6.07, 6.45) is 6.85. The van der Waals surface area contributed by atoms with Crippen LogP contribution >= 0.6 is 27.7 Å². The third-order valence-electron chi connectivity index (χ3n) is 4.61. The number of aryl methyl sites for hydroxylation is 2. The van der Waals surface area contributed by atoms with Crippen molar-refractivity contribution < 1.29 is 23.9 Å². The number of carbonyl (C=O) groups is 3. The number of amides is 3. The highest BCUT2D eigenvalue weighted by molar-refractivity contribution is 9.10. The Kier molecular flexibility index (Phi) is 8.42. The first kappa shape index (κ1) is 25.4. The Balaban J connectivity index is 1.77. The van der Waals surface area contributed by atoms with Gasteiger partial charge in [-0.1, -0.05) is 12.0 Å². The van der Waals surface area contributed by atoms with Crippen molar-refractivity contribution in [1.29, 1.82) is 0 Å². The largest absolute Gasteiger partial charge is 0.490 e. The fraction of sp³-hybridized carbons (Fsp3) is 0.240. The molecule has 3 rings (SSSR count). The Morgan fingerprint density at radius 2 is 1.88 bits per heavy atom. The van der Waals surface area contributed by atoms with Crippen LogP contribution < -0.4 is 14.8 Å². The molecule has 34 heavy (non-hydrogen) atoms. The maximum Gasteiger partial charge on any atom is 0.294 e. The lowest BCUT2D eigenvalue weighted by atomic mass is 10.1. The van der Waals surface area contributed by atoms with Crippen molar-refractivity contribution in [2.45, 2.75) is 20.8 Å². The van der Waals surface area contributed by atoms with E-state index in [1.165, 1.54) is 0 Å². The number of nitrogens with one attached hydrogen (secondary N) is 1. The van der Waals surface area contributed by atoms with Crippen LogP contribution in [0, 0.1) is 26.2 Å². The van der Waals surface area contributed by atoms with Crippen molar-refractivity contribution in [1.82, 2.24) is 4.90 Å². The molecule has 176 valence electrons. The SMILES string of the molecule is C#CCOc1c(Br)cc(/C=C2\SC(=O)N(CC(=O)Nc3cc(C)cc(C)c3)C2=O)cc1OCC. The zero-order valence-electron chi connectivity index (χ0n) is 18.9. The lowest BCUT2D eigenvalue weighted by Gasteiger charge is -2.14. The van der Waals surface area contributed by atoms with E-state index in [0.29, 0.717) is 33.8 Å². The number of nitrogens with zero attached hydrogens (tertiary/aromatic N) is 1. The van der Waals surface area contributed by atoms with Crippen molar-refractivity contribution in [2.75, 3.05) is 25.1 Å². The fourth-order valence-electron chi connectivity index (χ4n) is 3.37. The number of carbonyl (C=O) groups excluding carboxylic acids is 3. The normalized spacial score (nSPS) is 14.3. The predicted molar refractivity (Wildman–Crippen MR) is 137 cm³/mol. The van der Waals surface area contributed by atoms with E-state index >= 15 is 0 Å². The van der Waals surface area contributed by atoms with Gasteiger partial charge < -0.3 is 14.8 Å². The number of imide groups is 1. The summed E-state index contributed by atoms with van der Waals surface area (Å²) < 4.78 is 11.8.